The van der Waals surface area contributed by atoms with Crippen LogP contribution in [0, 0.1) is 5.92 Å². The van der Waals surface area contributed by atoms with Crippen LogP contribution >= 0.6 is 0 Å². The second kappa shape index (κ2) is 8.50. The van der Waals surface area contributed by atoms with Crippen LogP contribution < -0.4 is 19.5 Å². The smallest absolute Gasteiger partial charge is 0.254 e. The number of hydrogen-bond donors (Lipinski definition) is 2. The number of piperidine rings is 1. The third-order valence-corrected chi connectivity index (χ3v) is 6.94. The van der Waals surface area contributed by atoms with Crippen LogP contribution in [0.25, 0.3) is 6.08 Å². The minimum atomic E-state index is -0.690. The third kappa shape index (κ3) is 3.63. The molecule has 6 nitrogen and oxygen atoms in total. The molecule has 2 heterocycles. The fraction of sp³-hybridized carbons (Fsp3) is 0.370. The Kier molecular flexibility index (Phi) is 5.52. The zero-order chi connectivity index (χ0) is 23.0. The molecule has 2 aromatic carbocycles. The van der Waals surface area contributed by atoms with Crippen LogP contribution in [0.15, 0.2) is 59.9 Å². The summed E-state index contributed by atoms with van der Waals surface area (Å²) in [5, 5.41) is 14.3. The molecule has 2 aromatic rings. The molecule has 5 rings (SSSR count). The average Bonchev–Trinajstić information content (AvgIpc) is 2.82. The van der Waals surface area contributed by atoms with Gasteiger partial charge in [0.25, 0.3) is 5.91 Å². The number of methoxy groups -OCH3 is 1. The number of hydrogen-bond acceptors (Lipinski definition) is 5. The lowest BCUT2D eigenvalue weighted by molar-refractivity contribution is -0.140. The van der Waals surface area contributed by atoms with E-state index in [1.807, 2.05) is 49.4 Å². The monoisotopic (exact) mass is 447 g/mol. The number of amides is 1. The molecule has 2 N–H and O–H groups in total. The van der Waals surface area contributed by atoms with E-state index >= 15 is 0 Å². The molecule has 0 radical (unpaired) electrons. The van der Waals surface area contributed by atoms with Crippen LogP contribution in [-0.4, -0.2) is 30.5 Å². The highest BCUT2D eigenvalue weighted by Gasteiger charge is 2.57. The number of fused-ring (bicyclic) bond motifs is 2. The number of carbonyl (C=O) groups excluding carboxylic acids is 1. The van der Waals surface area contributed by atoms with Crippen LogP contribution in [-0.2, 0) is 4.79 Å². The van der Waals surface area contributed by atoms with Gasteiger partial charge in [-0.2, -0.15) is 0 Å². The first kappa shape index (κ1) is 21.4. The second-order valence-corrected chi connectivity index (χ2v) is 8.79. The summed E-state index contributed by atoms with van der Waals surface area (Å²) >= 11 is 0. The lowest BCUT2D eigenvalue weighted by Gasteiger charge is -2.54. The SMILES string of the molecule is CCOc1ccc(/C=C/C(O)=C2/C(=O)N[C@@]34CCCC[C@H]3[C@H]2c2ccccc2O4)cc1OC. The maximum absolute atomic E-state index is 13.3. The van der Waals surface area contributed by atoms with E-state index in [2.05, 4.69) is 5.32 Å². The number of aliphatic hydroxyl groups is 1. The van der Waals surface area contributed by atoms with Crippen LogP contribution in [0.5, 0.6) is 17.2 Å². The van der Waals surface area contributed by atoms with E-state index in [-0.39, 0.29) is 23.5 Å². The van der Waals surface area contributed by atoms with Crippen molar-refractivity contribution in [1.29, 1.82) is 0 Å². The highest BCUT2D eigenvalue weighted by atomic mass is 16.5. The summed E-state index contributed by atoms with van der Waals surface area (Å²) in [6.07, 6.45) is 7.19. The molecule has 0 spiro atoms. The summed E-state index contributed by atoms with van der Waals surface area (Å²) in [4.78, 5) is 13.3. The van der Waals surface area contributed by atoms with Gasteiger partial charge in [0.05, 0.1) is 19.3 Å². The van der Waals surface area contributed by atoms with Gasteiger partial charge in [0, 0.05) is 23.8 Å². The highest BCUT2D eigenvalue weighted by molar-refractivity contribution is 5.98. The van der Waals surface area contributed by atoms with Crippen molar-refractivity contribution in [3.8, 4) is 17.2 Å². The largest absolute Gasteiger partial charge is 0.507 e. The van der Waals surface area contributed by atoms with Gasteiger partial charge in [0.1, 0.15) is 11.5 Å². The van der Waals surface area contributed by atoms with Gasteiger partial charge >= 0.3 is 0 Å². The van der Waals surface area contributed by atoms with Gasteiger partial charge in [0.15, 0.2) is 17.2 Å². The first-order valence-electron chi connectivity index (χ1n) is 11.6. The van der Waals surface area contributed by atoms with Gasteiger partial charge in [-0.25, -0.2) is 0 Å². The van der Waals surface area contributed by atoms with E-state index in [4.69, 9.17) is 14.2 Å². The molecule has 2 bridgehead atoms. The van der Waals surface area contributed by atoms with Gasteiger partial charge in [-0.3, -0.25) is 4.79 Å². The van der Waals surface area contributed by atoms with Crippen molar-refractivity contribution in [3.63, 3.8) is 0 Å². The number of carbonyl (C=O) groups is 1. The van der Waals surface area contributed by atoms with Crippen molar-refractivity contribution in [2.45, 2.75) is 44.2 Å². The van der Waals surface area contributed by atoms with Crippen LogP contribution in [0.1, 0.15) is 49.7 Å². The molecule has 1 amide bonds. The summed E-state index contributed by atoms with van der Waals surface area (Å²) in [5.41, 5.74) is 1.51. The second-order valence-electron chi connectivity index (χ2n) is 8.79. The Balaban J connectivity index is 1.54. The Morgan fingerprint density at radius 3 is 2.91 bits per heavy atom. The van der Waals surface area contributed by atoms with Gasteiger partial charge in [-0.15, -0.1) is 0 Å². The minimum Gasteiger partial charge on any atom is -0.507 e. The van der Waals surface area contributed by atoms with Gasteiger partial charge in [0.2, 0.25) is 0 Å². The fourth-order valence-electron chi connectivity index (χ4n) is 5.52. The maximum Gasteiger partial charge on any atom is 0.254 e. The molecule has 0 aromatic heterocycles. The first-order valence-corrected chi connectivity index (χ1v) is 11.6. The predicted octanol–water partition coefficient (Wildman–Crippen LogP) is 5.11. The Hall–Kier alpha value is -3.41. The number of rotatable bonds is 5. The van der Waals surface area contributed by atoms with Crippen molar-refractivity contribution in [3.05, 3.63) is 71.0 Å². The van der Waals surface area contributed by atoms with Crippen molar-refractivity contribution < 1.29 is 24.1 Å². The molecule has 1 aliphatic carbocycles. The molecular formula is C27H29NO5. The molecule has 33 heavy (non-hydrogen) atoms. The fourth-order valence-corrected chi connectivity index (χ4v) is 5.52. The van der Waals surface area contributed by atoms with Gasteiger partial charge in [-0.1, -0.05) is 36.8 Å². The van der Waals surface area contributed by atoms with E-state index in [1.54, 1.807) is 19.3 Å². The van der Waals surface area contributed by atoms with Crippen LogP contribution in [0.4, 0.5) is 0 Å². The molecule has 6 heteroatoms. The highest BCUT2D eigenvalue weighted by Crippen LogP contribution is 2.55. The lowest BCUT2D eigenvalue weighted by atomic mass is 9.64. The normalized spacial score (nSPS) is 27.2. The van der Waals surface area contributed by atoms with E-state index < -0.39 is 5.72 Å². The van der Waals surface area contributed by atoms with E-state index in [9.17, 15) is 9.90 Å². The average molecular weight is 448 g/mol. The number of benzene rings is 2. The summed E-state index contributed by atoms with van der Waals surface area (Å²) in [7, 11) is 1.59. The number of ether oxygens (including phenoxy) is 3. The summed E-state index contributed by atoms with van der Waals surface area (Å²) in [6.45, 7) is 2.46. The molecule has 2 aliphatic heterocycles. The van der Waals surface area contributed by atoms with Crippen molar-refractivity contribution >= 4 is 12.0 Å². The molecule has 1 saturated heterocycles. The molecule has 0 unspecified atom stereocenters. The number of aliphatic hydroxyl groups excluding tert-OH is 1. The predicted molar refractivity (Wildman–Crippen MR) is 125 cm³/mol. The summed E-state index contributed by atoms with van der Waals surface area (Å²) < 4.78 is 17.4. The molecule has 2 fully saturated rings. The third-order valence-electron chi connectivity index (χ3n) is 6.94. The first-order chi connectivity index (χ1) is 16.1. The standard InChI is InChI=1S/C27H29NO5/c1-3-32-22-14-12-17(16-23(22)31-2)11-13-20(29)25-24-18-8-4-5-10-21(18)33-27(28-26(25)30)15-7-6-9-19(24)27/h4-5,8,10-14,16,19,24,29H,3,6-7,9,15H2,1-2H3,(H,28,30)/b13-11+,25-20-/t19-,24+,27+/m0/s1. The van der Waals surface area contributed by atoms with Crippen molar-refractivity contribution in [2.75, 3.05) is 13.7 Å². The number of para-hydroxylation sites is 1. The number of nitrogens with one attached hydrogen (secondary N) is 1. The zero-order valence-corrected chi connectivity index (χ0v) is 19.0. The molecule has 1 saturated carbocycles. The Morgan fingerprint density at radius 1 is 1.24 bits per heavy atom. The Bertz CT molecular complexity index is 1140. The minimum absolute atomic E-state index is 0.0266. The lowest BCUT2D eigenvalue weighted by Crippen LogP contribution is -2.66. The maximum atomic E-state index is 13.3. The Labute approximate surface area is 193 Å². The molecule has 3 aliphatic rings. The zero-order valence-electron chi connectivity index (χ0n) is 19.0. The van der Waals surface area contributed by atoms with E-state index in [0.29, 0.717) is 23.7 Å². The van der Waals surface area contributed by atoms with Crippen LogP contribution in [0.3, 0.4) is 0 Å². The van der Waals surface area contributed by atoms with E-state index in [1.165, 1.54) is 0 Å². The molecule has 3 atom stereocenters. The molecular weight excluding hydrogens is 418 g/mol. The van der Waals surface area contributed by atoms with Gasteiger partial charge in [-0.05, 0) is 49.6 Å². The summed E-state index contributed by atoms with van der Waals surface area (Å²) in [5.74, 6) is 1.66. The van der Waals surface area contributed by atoms with E-state index in [0.717, 1.165) is 42.6 Å². The van der Waals surface area contributed by atoms with Crippen LogP contribution in [0.2, 0.25) is 0 Å². The van der Waals surface area contributed by atoms with Gasteiger partial charge < -0.3 is 24.6 Å². The molecule has 172 valence electrons. The number of allylic oxidation sites excluding steroid dienone is 1. The van der Waals surface area contributed by atoms with Crippen molar-refractivity contribution in [1.82, 2.24) is 5.32 Å². The Morgan fingerprint density at radius 2 is 2.09 bits per heavy atom. The topological polar surface area (TPSA) is 77.0 Å². The summed E-state index contributed by atoms with van der Waals surface area (Å²) in [6, 6.07) is 13.4. The van der Waals surface area contributed by atoms with Crippen molar-refractivity contribution in [2.24, 2.45) is 5.92 Å². The quantitative estimate of drug-likeness (QED) is 0.492.